The van der Waals surface area contributed by atoms with Crippen LogP contribution in [-0.4, -0.2) is 62.3 Å². The van der Waals surface area contributed by atoms with Gasteiger partial charge in [0, 0.05) is 38.3 Å². The molecule has 2 saturated heterocycles. The van der Waals surface area contributed by atoms with E-state index in [0.29, 0.717) is 23.4 Å². The number of ether oxygens (including phenoxy) is 2. The van der Waals surface area contributed by atoms with E-state index in [9.17, 15) is 9.59 Å². The Morgan fingerprint density at radius 1 is 0.968 bits per heavy atom. The molecule has 2 aliphatic rings. The molecule has 2 aliphatic heterocycles. The first-order valence-corrected chi connectivity index (χ1v) is 10.9. The number of benzene rings is 2. The molecule has 0 aliphatic carbocycles. The second-order valence-electron chi connectivity index (χ2n) is 7.93. The Balaban J connectivity index is 1.36. The highest BCUT2D eigenvalue weighted by Crippen LogP contribution is 2.18. The maximum Gasteiger partial charge on any atom is 0.255 e. The van der Waals surface area contributed by atoms with E-state index in [1.165, 1.54) is 0 Å². The van der Waals surface area contributed by atoms with Crippen molar-refractivity contribution in [3.63, 3.8) is 0 Å². The fourth-order valence-electron chi connectivity index (χ4n) is 3.87. The van der Waals surface area contributed by atoms with Crippen molar-refractivity contribution in [2.75, 3.05) is 44.8 Å². The summed E-state index contributed by atoms with van der Waals surface area (Å²) < 4.78 is 10.9. The van der Waals surface area contributed by atoms with Crippen LogP contribution in [0.1, 0.15) is 39.1 Å². The lowest BCUT2D eigenvalue weighted by Gasteiger charge is -2.26. The molecule has 7 nitrogen and oxygen atoms in total. The summed E-state index contributed by atoms with van der Waals surface area (Å²) in [6, 6.07) is 14.7. The zero-order valence-electron chi connectivity index (χ0n) is 17.6. The van der Waals surface area contributed by atoms with Crippen LogP contribution in [0.3, 0.4) is 0 Å². The summed E-state index contributed by atoms with van der Waals surface area (Å²) in [6.07, 6.45) is 2.06. The molecule has 1 atom stereocenters. The molecular weight excluding hydrogens is 394 g/mol. The Hall–Kier alpha value is -2.74. The second-order valence-corrected chi connectivity index (χ2v) is 7.93. The summed E-state index contributed by atoms with van der Waals surface area (Å²) >= 11 is 0. The topological polar surface area (TPSA) is 79.9 Å². The summed E-state index contributed by atoms with van der Waals surface area (Å²) in [7, 11) is 0. The molecule has 2 N–H and O–H groups in total. The van der Waals surface area contributed by atoms with E-state index in [-0.39, 0.29) is 17.9 Å². The van der Waals surface area contributed by atoms with Crippen LogP contribution in [-0.2, 0) is 16.0 Å². The molecule has 2 amide bonds. The molecule has 0 spiro atoms. The van der Waals surface area contributed by atoms with Crippen LogP contribution in [0, 0.1) is 0 Å². The van der Waals surface area contributed by atoms with Crippen molar-refractivity contribution in [1.29, 1.82) is 0 Å². The first-order chi connectivity index (χ1) is 15.2. The van der Waals surface area contributed by atoms with Gasteiger partial charge in [-0.15, -0.1) is 0 Å². The molecule has 0 radical (unpaired) electrons. The van der Waals surface area contributed by atoms with Gasteiger partial charge in [-0.25, -0.2) is 0 Å². The molecule has 31 heavy (non-hydrogen) atoms. The molecule has 0 bridgehead atoms. The third kappa shape index (κ3) is 5.91. The highest BCUT2D eigenvalue weighted by molar-refractivity contribution is 6.09. The maximum atomic E-state index is 12.8. The predicted molar refractivity (Wildman–Crippen MR) is 118 cm³/mol. The van der Waals surface area contributed by atoms with Gasteiger partial charge in [-0.3, -0.25) is 14.5 Å². The minimum Gasteiger partial charge on any atom is -0.379 e. The number of amides is 2. The van der Waals surface area contributed by atoms with Crippen LogP contribution in [0.25, 0.3) is 0 Å². The molecule has 164 valence electrons. The highest BCUT2D eigenvalue weighted by Gasteiger charge is 2.19. The molecule has 2 aromatic rings. The number of hydrogen-bond acceptors (Lipinski definition) is 5. The largest absolute Gasteiger partial charge is 0.379 e. The fourth-order valence-corrected chi connectivity index (χ4v) is 3.87. The number of carbonyl (C=O) groups is 2. The summed E-state index contributed by atoms with van der Waals surface area (Å²) in [5.74, 6) is -0.454. The summed E-state index contributed by atoms with van der Waals surface area (Å²) in [6.45, 7) is 5.45. The quantitative estimate of drug-likeness (QED) is 0.716. The normalized spacial score (nSPS) is 19.2. The lowest BCUT2D eigenvalue weighted by molar-refractivity contribution is 0.0342. The highest BCUT2D eigenvalue weighted by atomic mass is 16.5. The Labute approximate surface area is 182 Å². The fraction of sp³-hybridized carbons (Fsp3) is 0.417. The van der Waals surface area contributed by atoms with Gasteiger partial charge >= 0.3 is 0 Å². The summed E-state index contributed by atoms with van der Waals surface area (Å²) in [4.78, 5) is 27.7. The van der Waals surface area contributed by atoms with Gasteiger partial charge in [0.25, 0.3) is 11.8 Å². The molecule has 4 rings (SSSR count). The average molecular weight is 424 g/mol. The van der Waals surface area contributed by atoms with Crippen molar-refractivity contribution in [3.05, 3.63) is 65.2 Å². The van der Waals surface area contributed by atoms with Crippen LogP contribution in [0.2, 0.25) is 0 Å². The van der Waals surface area contributed by atoms with Crippen molar-refractivity contribution in [2.45, 2.75) is 25.5 Å². The number of rotatable bonds is 7. The third-order valence-corrected chi connectivity index (χ3v) is 5.66. The summed E-state index contributed by atoms with van der Waals surface area (Å²) in [5.41, 5.74) is 2.65. The molecule has 0 aromatic heterocycles. The van der Waals surface area contributed by atoms with E-state index < -0.39 is 0 Å². The molecular formula is C24H29N3O4. The molecule has 0 unspecified atom stereocenters. The van der Waals surface area contributed by atoms with Crippen LogP contribution in [0.4, 0.5) is 5.69 Å². The molecule has 0 saturated carbocycles. The second kappa shape index (κ2) is 10.5. The maximum absolute atomic E-state index is 12.8. The van der Waals surface area contributed by atoms with Gasteiger partial charge < -0.3 is 20.1 Å². The number of nitrogens with zero attached hydrogens (tertiary/aromatic N) is 1. The molecule has 7 heteroatoms. The zero-order chi connectivity index (χ0) is 21.5. The minimum absolute atomic E-state index is 0.0710. The number of morpholine rings is 1. The molecule has 2 heterocycles. The standard InChI is InChI=1S/C24H29N3O4/c28-23(19-9-7-18(8-10-19)17-27-11-14-30-15-12-27)26-22-6-2-1-5-21(22)24(29)25-16-20-4-3-13-31-20/h1-2,5-10,20H,3-4,11-17H2,(H,25,29)(H,26,28)/t20-/m1/s1. The first-order valence-electron chi connectivity index (χ1n) is 10.9. The van der Waals surface area contributed by atoms with Gasteiger partial charge in [0.2, 0.25) is 0 Å². The van der Waals surface area contributed by atoms with Crippen molar-refractivity contribution in [3.8, 4) is 0 Å². The smallest absolute Gasteiger partial charge is 0.255 e. The van der Waals surface area contributed by atoms with Gasteiger partial charge in [0.1, 0.15) is 0 Å². The third-order valence-electron chi connectivity index (χ3n) is 5.66. The molecule has 2 fully saturated rings. The van der Waals surface area contributed by atoms with Gasteiger partial charge in [-0.2, -0.15) is 0 Å². The number of carbonyl (C=O) groups excluding carboxylic acids is 2. The van der Waals surface area contributed by atoms with E-state index in [1.807, 2.05) is 24.3 Å². The zero-order valence-corrected chi connectivity index (χ0v) is 17.6. The van der Waals surface area contributed by atoms with Crippen LogP contribution < -0.4 is 10.6 Å². The van der Waals surface area contributed by atoms with Crippen LogP contribution in [0.5, 0.6) is 0 Å². The summed E-state index contributed by atoms with van der Waals surface area (Å²) in [5, 5.41) is 5.79. The van der Waals surface area contributed by atoms with E-state index >= 15 is 0 Å². The number of anilines is 1. The lowest BCUT2D eigenvalue weighted by atomic mass is 10.1. The van der Waals surface area contributed by atoms with Crippen molar-refractivity contribution in [2.24, 2.45) is 0 Å². The van der Waals surface area contributed by atoms with E-state index in [2.05, 4.69) is 15.5 Å². The van der Waals surface area contributed by atoms with Gasteiger partial charge in [-0.05, 0) is 42.7 Å². The van der Waals surface area contributed by atoms with E-state index in [4.69, 9.17) is 9.47 Å². The van der Waals surface area contributed by atoms with Crippen molar-refractivity contribution < 1.29 is 19.1 Å². The van der Waals surface area contributed by atoms with Crippen LogP contribution >= 0.6 is 0 Å². The Morgan fingerprint density at radius 3 is 2.48 bits per heavy atom. The van der Waals surface area contributed by atoms with Crippen LogP contribution in [0.15, 0.2) is 48.5 Å². The lowest BCUT2D eigenvalue weighted by Crippen LogP contribution is -2.35. The SMILES string of the molecule is O=C(Nc1ccccc1C(=O)NC[C@H]1CCCO1)c1ccc(CN2CCOCC2)cc1. The average Bonchev–Trinajstić information content (AvgIpc) is 3.33. The van der Waals surface area contributed by atoms with E-state index in [0.717, 1.165) is 57.9 Å². The number of nitrogens with one attached hydrogen (secondary N) is 2. The van der Waals surface area contributed by atoms with Gasteiger partial charge in [-0.1, -0.05) is 24.3 Å². The first kappa shape index (κ1) is 21.5. The monoisotopic (exact) mass is 423 g/mol. The predicted octanol–water partition coefficient (Wildman–Crippen LogP) is 2.68. The van der Waals surface area contributed by atoms with Crippen molar-refractivity contribution >= 4 is 17.5 Å². The Morgan fingerprint density at radius 2 is 1.74 bits per heavy atom. The number of hydrogen-bond donors (Lipinski definition) is 2. The minimum atomic E-state index is -0.239. The Bertz CT molecular complexity index is 888. The van der Waals surface area contributed by atoms with E-state index in [1.54, 1.807) is 24.3 Å². The molecule has 2 aromatic carbocycles. The van der Waals surface area contributed by atoms with Gasteiger partial charge in [0.05, 0.1) is 30.6 Å². The van der Waals surface area contributed by atoms with Gasteiger partial charge in [0.15, 0.2) is 0 Å². The van der Waals surface area contributed by atoms with Crippen molar-refractivity contribution in [1.82, 2.24) is 10.2 Å². The Kier molecular flexibility index (Phi) is 7.30. The number of para-hydroxylation sites is 1.